The maximum absolute atomic E-state index is 13.0. The van der Waals surface area contributed by atoms with Crippen LogP contribution < -0.4 is 5.32 Å². The Kier molecular flexibility index (Phi) is 7.00. The first-order valence-electron chi connectivity index (χ1n) is 10.1. The van der Waals surface area contributed by atoms with Crippen LogP contribution in [0.5, 0.6) is 0 Å². The Hall–Kier alpha value is -3.15. The van der Waals surface area contributed by atoms with Crippen LogP contribution in [0.3, 0.4) is 0 Å². The van der Waals surface area contributed by atoms with Gasteiger partial charge in [-0.2, -0.15) is 0 Å². The summed E-state index contributed by atoms with van der Waals surface area (Å²) in [4.78, 5) is 40.5. The SMILES string of the molecule is CCCC1NC(=O)N(CC(=O)N(CCc2ccccc2)Cc2ccccc2)C1=O. The second kappa shape index (κ2) is 9.87. The first-order valence-corrected chi connectivity index (χ1v) is 10.1. The lowest BCUT2D eigenvalue weighted by Gasteiger charge is -2.25. The highest BCUT2D eigenvalue weighted by Gasteiger charge is 2.38. The van der Waals surface area contributed by atoms with Gasteiger partial charge in [0.1, 0.15) is 12.6 Å². The normalized spacial score (nSPS) is 16.0. The van der Waals surface area contributed by atoms with Crippen molar-refractivity contribution >= 4 is 17.8 Å². The van der Waals surface area contributed by atoms with Crippen molar-refractivity contribution in [2.45, 2.75) is 38.8 Å². The highest BCUT2D eigenvalue weighted by atomic mass is 16.2. The number of hydrogen-bond acceptors (Lipinski definition) is 3. The van der Waals surface area contributed by atoms with Gasteiger partial charge in [0.15, 0.2) is 0 Å². The number of carbonyl (C=O) groups is 3. The number of rotatable bonds is 9. The Bertz CT molecular complexity index is 839. The maximum atomic E-state index is 13.0. The highest BCUT2D eigenvalue weighted by Crippen LogP contribution is 2.13. The molecule has 0 aliphatic carbocycles. The van der Waals surface area contributed by atoms with Gasteiger partial charge in [-0.15, -0.1) is 0 Å². The van der Waals surface area contributed by atoms with Crippen molar-refractivity contribution in [3.63, 3.8) is 0 Å². The lowest BCUT2D eigenvalue weighted by molar-refractivity contribution is -0.137. The molecule has 1 heterocycles. The number of amides is 4. The standard InChI is InChI=1S/C23H27N3O3/c1-2-9-20-22(28)26(23(29)24-20)17-21(27)25(16-19-12-7-4-8-13-19)15-14-18-10-5-3-6-11-18/h3-8,10-13,20H,2,9,14-17H2,1H3,(H,24,29). The number of nitrogens with one attached hydrogen (secondary N) is 1. The second-order valence-electron chi connectivity index (χ2n) is 7.25. The molecule has 152 valence electrons. The molecule has 4 amide bonds. The smallest absolute Gasteiger partial charge is 0.325 e. The van der Waals surface area contributed by atoms with Gasteiger partial charge in [0, 0.05) is 13.1 Å². The molecule has 1 aliphatic rings. The maximum Gasteiger partial charge on any atom is 0.325 e. The Morgan fingerprint density at radius 1 is 1.00 bits per heavy atom. The average Bonchev–Trinajstić information content (AvgIpc) is 3.00. The number of hydrogen-bond donors (Lipinski definition) is 1. The van der Waals surface area contributed by atoms with Gasteiger partial charge in [0.05, 0.1) is 0 Å². The van der Waals surface area contributed by atoms with Gasteiger partial charge >= 0.3 is 6.03 Å². The topological polar surface area (TPSA) is 69.7 Å². The average molecular weight is 393 g/mol. The quantitative estimate of drug-likeness (QED) is 0.666. The molecule has 0 spiro atoms. The summed E-state index contributed by atoms with van der Waals surface area (Å²) in [6, 6.07) is 18.7. The molecule has 1 N–H and O–H groups in total. The molecular weight excluding hydrogens is 366 g/mol. The molecule has 3 rings (SSSR count). The van der Waals surface area contributed by atoms with Crippen LogP contribution in [0.2, 0.25) is 0 Å². The first-order chi connectivity index (χ1) is 14.1. The number of urea groups is 1. The molecule has 1 saturated heterocycles. The molecule has 1 aliphatic heterocycles. The van der Waals surface area contributed by atoms with E-state index >= 15 is 0 Å². The summed E-state index contributed by atoms with van der Waals surface area (Å²) in [5.41, 5.74) is 2.14. The van der Waals surface area contributed by atoms with Crippen molar-refractivity contribution in [3.8, 4) is 0 Å². The summed E-state index contributed by atoms with van der Waals surface area (Å²) in [6.07, 6.45) is 2.07. The Balaban J connectivity index is 1.69. The zero-order chi connectivity index (χ0) is 20.6. The van der Waals surface area contributed by atoms with E-state index in [9.17, 15) is 14.4 Å². The third-order valence-electron chi connectivity index (χ3n) is 5.06. The van der Waals surface area contributed by atoms with Crippen molar-refractivity contribution in [2.75, 3.05) is 13.1 Å². The molecule has 2 aromatic carbocycles. The molecule has 29 heavy (non-hydrogen) atoms. The second-order valence-corrected chi connectivity index (χ2v) is 7.25. The van der Waals surface area contributed by atoms with Gasteiger partial charge in [0.25, 0.3) is 5.91 Å². The molecule has 0 saturated carbocycles. The monoisotopic (exact) mass is 393 g/mol. The third-order valence-corrected chi connectivity index (χ3v) is 5.06. The van der Waals surface area contributed by atoms with Crippen molar-refractivity contribution in [1.29, 1.82) is 0 Å². The van der Waals surface area contributed by atoms with E-state index in [0.717, 1.165) is 22.4 Å². The predicted molar refractivity (Wildman–Crippen MR) is 111 cm³/mol. The van der Waals surface area contributed by atoms with E-state index in [1.54, 1.807) is 4.90 Å². The Morgan fingerprint density at radius 3 is 2.24 bits per heavy atom. The van der Waals surface area contributed by atoms with Gasteiger partial charge in [-0.1, -0.05) is 74.0 Å². The van der Waals surface area contributed by atoms with Gasteiger partial charge in [-0.05, 0) is 24.0 Å². The van der Waals surface area contributed by atoms with E-state index < -0.39 is 12.1 Å². The fraction of sp³-hybridized carbons (Fsp3) is 0.348. The molecule has 6 nitrogen and oxygen atoms in total. The summed E-state index contributed by atoms with van der Waals surface area (Å²) in [7, 11) is 0. The molecule has 0 radical (unpaired) electrons. The number of nitrogens with zero attached hydrogens (tertiary/aromatic N) is 2. The summed E-state index contributed by atoms with van der Waals surface area (Å²) in [5.74, 6) is -0.543. The summed E-state index contributed by atoms with van der Waals surface area (Å²) < 4.78 is 0. The lowest BCUT2D eigenvalue weighted by Crippen LogP contribution is -2.43. The van der Waals surface area contributed by atoms with E-state index in [1.807, 2.05) is 67.6 Å². The highest BCUT2D eigenvalue weighted by molar-refractivity contribution is 6.06. The fourth-order valence-corrected chi connectivity index (χ4v) is 3.45. The number of benzene rings is 2. The summed E-state index contributed by atoms with van der Waals surface area (Å²) in [6.45, 7) is 2.68. The van der Waals surface area contributed by atoms with Crippen molar-refractivity contribution in [1.82, 2.24) is 15.1 Å². The molecule has 0 bridgehead atoms. The van der Waals surface area contributed by atoms with Gasteiger partial charge in [-0.3, -0.25) is 14.5 Å². The van der Waals surface area contributed by atoms with Gasteiger partial charge in [-0.25, -0.2) is 4.79 Å². The zero-order valence-electron chi connectivity index (χ0n) is 16.7. The number of imide groups is 1. The van der Waals surface area contributed by atoms with Gasteiger partial charge < -0.3 is 10.2 Å². The van der Waals surface area contributed by atoms with E-state index in [4.69, 9.17) is 0 Å². The zero-order valence-corrected chi connectivity index (χ0v) is 16.7. The molecule has 1 unspecified atom stereocenters. The Morgan fingerprint density at radius 2 is 1.62 bits per heavy atom. The minimum absolute atomic E-state index is 0.230. The van der Waals surface area contributed by atoms with E-state index in [0.29, 0.717) is 25.9 Å². The summed E-state index contributed by atoms with van der Waals surface area (Å²) >= 11 is 0. The fourth-order valence-electron chi connectivity index (χ4n) is 3.45. The van der Waals surface area contributed by atoms with Crippen LogP contribution in [0.4, 0.5) is 4.79 Å². The minimum Gasteiger partial charge on any atom is -0.336 e. The Labute approximate surface area is 171 Å². The van der Waals surface area contributed by atoms with Crippen LogP contribution in [0, 0.1) is 0 Å². The molecular formula is C23H27N3O3. The lowest BCUT2D eigenvalue weighted by atomic mass is 10.1. The molecule has 0 aromatic heterocycles. The largest absolute Gasteiger partial charge is 0.336 e. The van der Waals surface area contributed by atoms with Crippen LogP contribution in [-0.4, -0.2) is 46.8 Å². The molecule has 1 atom stereocenters. The van der Waals surface area contributed by atoms with Crippen molar-refractivity contribution in [3.05, 3.63) is 71.8 Å². The molecule has 2 aromatic rings. The third kappa shape index (κ3) is 5.44. The van der Waals surface area contributed by atoms with Crippen LogP contribution in [0.25, 0.3) is 0 Å². The predicted octanol–water partition coefficient (Wildman–Crippen LogP) is 2.98. The number of carbonyl (C=O) groups excluding carboxylic acids is 3. The van der Waals surface area contributed by atoms with Crippen LogP contribution in [-0.2, 0) is 22.6 Å². The van der Waals surface area contributed by atoms with E-state index in [2.05, 4.69) is 5.32 Å². The molecule has 6 heteroatoms. The van der Waals surface area contributed by atoms with E-state index in [-0.39, 0.29) is 18.4 Å². The van der Waals surface area contributed by atoms with Crippen molar-refractivity contribution in [2.24, 2.45) is 0 Å². The van der Waals surface area contributed by atoms with E-state index in [1.165, 1.54) is 0 Å². The van der Waals surface area contributed by atoms with Gasteiger partial charge in [0.2, 0.25) is 5.91 Å². The minimum atomic E-state index is -0.521. The van der Waals surface area contributed by atoms with Crippen LogP contribution >= 0.6 is 0 Å². The van der Waals surface area contributed by atoms with Crippen LogP contribution in [0.15, 0.2) is 60.7 Å². The van der Waals surface area contributed by atoms with Crippen molar-refractivity contribution < 1.29 is 14.4 Å². The van der Waals surface area contributed by atoms with Crippen LogP contribution in [0.1, 0.15) is 30.9 Å². The summed E-state index contributed by atoms with van der Waals surface area (Å²) in [5, 5.41) is 2.67. The molecule has 1 fully saturated rings. The first kappa shape index (κ1) is 20.6.